The van der Waals surface area contributed by atoms with Crippen molar-refractivity contribution in [3.8, 4) is 0 Å². The first-order chi connectivity index (χ1) is 8.61. The number of carbonyl (C=O) groups excluding carboxylic acids is 2. The van der Waals surface area contributed by atoms with Crippen LogP contribution in [0.5, 0.6) is 0 Å². The SMILES string of the molecule is COC(=O)N1CCN(C(=O)c2cc(Br)cs2)CC1. The molecule has 0 aromatic carbocycles. The van der Waals surface area contributed by atoms with E-state index in [4.69, 9.17) is 0 Å². The maximum atomic E-state index is 12.1. The molecule has 1 aromatic rings. The van der Waals surface area contributed by atoms with Crippen LogP contribution in [0.4, 0.5) is 4.79 Å². The molecule has 7 heteroatoms. The molecule has 1 fully saturated rings. The van der Waals surface area contributed by atoms with Crippen molar-refractivity contribution in [1.82, 2.24) is 9.80 Å². The molecule has 0 bridgehead atoms. The molecule has 0 atom stereocenters. The highest BCUT2D eigenvalue weighted by atomic mass is 79.9. The van der Waals surface area contributed by atoms with E-state index in [2.05, 4.69) is 20.7 Å². The Balaban J connectivity index is 1.94. The fourth-order valence-corrected chi connectivity index (χ4v) is 3.20. The van der Waals surface area contributed by atoms with E-state index in [0.717, 1.165) is 4.47 Å². The summed E-state index contributed by atoms with van der Waals surface area (Å²) in [6.45, 7) is 2.13. The Morgan fingerprint density at radius 2 is 1.89 bits per heavy atom. The van der Waals surface area contributed by atoms with Crippen LogP contribution in [0.15, 0.2) is 15.9 Å². The smallest absolute Gasteiger partial charge is 0.409 e. The van der Waals surface area contributed by atoms with Gasteiger partial charge in [-0.05, 0) is 22.0 Å². The zero-order valence-corrected chi connectivity index (χ0v) is 12.3. The van der Waals surface area contributed by atoms with Gasteiger partial charge in [0, 0.05) is 36.0 Å². The van der Waals surface area contributed by atoms with Gasteiger partial charge in [0.2, 0.25) is 0 Å². The summed E-state index contributed by atoms with van der Waals surface area (Å²) in [4.78, 5) is 27.5. The number of hydrogen-bond donors (Lipinski definition) is 0. The number of amides is 2. The highest BCUT2D eigenvalue weighted by Crippen LogP contribution is 2.21. The van der Waals surface area contributed by atoms with E-state index in [-0.39, 0.29) is 12.0 Å². The second-order valence-electron chi connectivity index (χ2n) is 3.88. The lowest BCUT2D eigenvalue weighted by Gasteiger charge is -2.33. The fraction of sp³-hybridized carbons (Fsp3) is 0.455. The van der Waals surface area contributed by atoms with Crippen molar-refractivity contribution in [2.75, 3.05) is 33.3 Å². The van der Waals surface area contributed by atoms with Gasteiger partial charge in [0.25, 0.3) is 5.91 Å². The van der Waals surface area contributed by atoms with Crippen molar-refractivity contribution < 1.29 is 14.3 Å². The van der Waals surface area contributed by atoms with Crippen molar-refractivity contribution in [2.45, 2.75) is 0 Å². The third-order valence-electron chi connectivity index (χ3n) is 2.78. The molecule has 1 aromatic heterocycles. The first-order valence-electron chi connectivity index (χ1n) is 5.48. The van der Waals surface area contributed by atoms with E-state index in [1.165, 1.54) is 18.4 Å². The molecule has 0 unspecified atom stereocenters. The van der Waals surface area contributed by atoms with Gasteiger partial charge in [0.1, 0.15) is 0 Å². The van der Waals surface area contributed by atoms with Gasteiger partial charge in [0.15, 0.2) is 0 Å². The summed E-state index contributed by atoms with van der Waals surface area (Å²) < 4.78 is 5.57. The minimum Gasteiger partial charge on any atom is -0.453 e. The Bertz CT molecular complexity index is 455. The van der Waals surface area contributed by atoms with Crippen molar-refractivity contribution in [3.05, 3.63) is 20.8 Å². The van der Waals surface area contributed by atoms with Crippen LogP contribution >= 0.6 is 27.3 Å². The van der Waals surface area contributed by atoms with Crippen molar-refractivity contribution in [3.63, 3.8) is 0 Å². The van der Waals surface area contributed by atoms with Crippen LogP contribution in [0, 0.1) is 0 Å². The Labute approximate surface area is 117 Å². The average molecular weight is 333 g/mol. The van der Waals surface area contributed by atoms with Gasteiger partial charge in [-0.15, -0.1) is 11.3 Å². The summed E-state index contributed by atoms with van der Waals surface area (Å²) in [5, 5.41) is 1.89. The van der Waals surface area contributed by atoms with Crippen LogP contribution in [0.25, 0.3) is 0 Å². The van der Waals surface area contributed by atoms with Gasteiger partial charge in [-0.3, -0.25) is 4.79 Å². The molecule has 2 amide bonds. The van der Waals surface area contributed by atoms with Gasteiger partial charge < -0.3 is 14.5 Å². The lowest BCUT2D eigenvalue weighted by molar-refractivity contribution is 0.0604. The van der Waals surface area contributed by atoms with E-state index < -0.39 is 0 Å². The standard InChI is InChI=1S/C11H13BrN2O3S/c1-17-11(16)14-4-2-13(3-5-14)10(15)9-6-8(12)7-18-9/h6-7H,2-5H2,1H3. The average Bonchev–Trinajstić information content (AvgIpc) is 2.84. The van der Waals surface area contributed by atoms with Gasteiger partial charge in [0.05, 0.1) is 12.0 Å². The molecule has 1 aliphatic heterocycles. The normalized spacial score (nSPS) is 15.7. The van der Waals surface area contributed by atoms with Crippen LogP contribution in [0.3, 0.4) is 0 Å². The topological polar surface area (TPSA) is 49.9 Å². The van der Waals surface area contributed by atoms with Crippen molar-refractivity contribution in [2.24, 2.45) is 0 Å². The van der Waals surface area contributed by atoms with Gasteiger partial charge in [-0.25, -0.2) is 4.79 Å². The first-order valence-corrected chi connectivity index (χ1v) is 7.15. The molecule has 2 rings (SSSR count). The van der Waals surface area contributed by atoms with Crippen molar-refractivity contribution in [1.29, 1.82) is 0 Å². The quantitative estimate of drug-likeness (QED) is 0.790. The molecule has 98 valence electrons. The summed E-state index contributed by atoms with van der Waals surface area (Å²) >= 11 is 4.75. The summed E-state index contributed by atoms with van der Waals surface area (Å²) in [5.41, 5.74) is 0. The number of halogens is 1. The number of thiophene rings is 1. The second-order valence-corrected chi connectivity index (χ2v) is 5.71. The third-order valence-corrected chi connectivity index (χ3v) is 4.46. The van der Waals surface area contributed by atoms with Crippen LogP contribution < -0.4 is 0 Å². The number of nitrogens with zero attached hydrogens (tertiary/aromatic N) is 2. The number of rotatable bonds is 1. The molecule has 1 saturated heterocycles. The summed E-state index contributed by atoms with van der Waals surface area (Å²) in [5.74, 6) is 0.0233. The molecular weight excluding hydrogens is 320 g/mol. The molecule has 0 saturated carbocycles. The van der Waals surface area contributed by atoms with E-state index >= 15 is 0 Å². The summed E-state index contributed by atoms with van der Waals surface area (Å²) in [6, 6.07) is 1.82. The summed E-state index contributed by atoms with van der Waals surface area (Å²) in [7, 11) is 1.36. The number of carbonyl (C=O) groups is 2. The molecule has 1 aliphatic rings. The van der Waals surface area contributed by atoms with Crippen LogP contribution in [-0.2, 0) is 4.74 Å². The largest absolute Gasteiger partial charge is 0.453 e. The maximum Gasteiger partial charge on any atom is 0.409 e. The molecule has 2 heterocycles. The number of piperazine rings is 1. The Kier molecular flexibility index (Phi) is 4.23. The van der Waals surface area contributed by atoms with E-state index in [1.807, 2.05) is 11.4 Å². The van der Waals surface area contributed by atoms with Gasteiger partial charge in [-0.1, -0.05) is 0 Å². The summed E-state index contributed by atoms with van der Waals surface area (Å²) in [6.07, 6.45) is -0.332. The fourth-order valence-electron chi connectivity index (χ4n) is 1.80. The number of ether oxygens (including phenoxy) is 1. The minimum atomic E-state index is -0.332. The van der Waals surface area contributed by atoms with Crippen LogP contribution in [0.2, 0.25) is 0 Å². The predicted molar refractivity (Wildman–Crippen MR) is 71.9 cm³/mol. The number of methoxy groups -OCH3 is 1. The van der Waals surface area contributed by atoms with E-state index in [1.54, 1.807) is 9.80 Å². The van der Waals surface area contributed by atoms with E-state index in [0.29, 0.717) is 31.1 Å². The molecule has 0 N–H and O–H groups in total. The maximum absolute atomic E-state index is 12.1. The van der Waals surface area contributed by atoms with Crippen molar-refractivity contribution >= 4 is 39.3 Å². The molecule has 0 spiro atoms. The van der Waals surface area contributed by atoms with E-state index in [9.17, 15) is 9.59 Å². The lowest BCUT2D eigenvalue weighted by Crippen LogP contribution is -2.50. The Morgan fingerprint density at radius 1 is 1.28 bits per heavy atom. The predicted octanol–water partition coefficient (Wildman–Crippen LogP) is 2.03. The van der Waals surface area contributed by atoms with Gasteiger partial charge >= 0.3 is 6.09 Å². The molecule has 18 heavy (non-hydrogen) atoms. The first kappa shape index (κ1) is 13.4. The highest BCUT2D eigenvalue weighted by Gasteiger charge is 2.25. The second kappa shape index (κ2) is 5.71. The molecular formula is C11H13BrN2O3S. The molecule has 0 radical (unpaired) electrons. The zero-order chi connectivity index (χ0) is 13.1. The number of hydrogen-bond acceptors (Lipinski definition) is 4. The van der Waals surface area contributed by atoms with Crippen LogP contribution in [-0.4, -0.2) is 55.1 Å². The highest BCUT2D eigenvalue weighted by molar-refractivity contribution is 9.10. The third kappa shape index (κ3) is 2.84. The monoisotopic (exact) mass is 332 g/mol. The molecule has 5 nitrogen and oxygen atoms in total. The zero-order valence-electron chi connectivity index (χ0n) is 9.89. The Hall–Kier alpha value is -1.08. The van der Waals surface area contributed by atoms with Gasteiger partial charge in [-0.2, -0.15) is 0 Å². The Morgan fingerprint density at radius 3 is 2.39 bits per heavy atom. The van der Waals surface area contributed by atoms with Crippen LogP contribution in [0.1, 0.15) is 9.67 Å². The molecule has 0 aliphatic carbocycles. The minimum absolute atomic E-state index is 0.0233. The lowest BCUT2D eigenvalue weighted by atomic mass is 10.3.